The smallest absolute Gasteiger partial charge is 0.268 e. The van der Waals surface area contributed by atoms with Gasteiger partial charge in [-0.05, 0) is 38.1 Å². The zero-order chi connectivity index (χ0) is 19.1. The Bertz CT molecular complexity index is 938. The topological polar surface area (TPSA) is 82.0 Å². The van der Waals surface area contributed by atoms with Gasteiger partial charge in [0.1, 0.15) is 35.2 Å². The van der Waals surface area contributed by atoms with Crippen LogP contribution in [0.25, 0.3) is 10.9 Å². The largest absolute Gasteiger partial charge is 0.394 e. The zero-order valence-electron chi connectivity index (χ0n) is 16.1. The minimum atomic E-state index is -0.361. The first kappa shape index (κ1) is 18.6. The van der Waals surface area contributed by atoms with Crippen molar-refractivity contribution in [3.05, 3.63) is 33.9 Å². The Balaban J connectivity index is 2.00. The van der Waals surface area contributed by atoms with E-state index < -0.39 is 0 Å². The minimum Gasteiger partial charge on any atom is -0.394 e. The Morgan fingerprint density at radius 3 is 2.62 bits per heavy atom. The molecule has 0 saturated carbocycles. The fourth-order valence-electron chi connectivity index (χ4n) is 3.76. The predicted octanol–water partition coefficient (Wildman–Crippen LogP) is -1.01. The average molecular weight is 348 g/mol. The first-order valence-electron chi connectivity index (χ1n) is 9.00. The molecule has 6 nitrogen and oxygen atoms in total. The maximum Gasteiger partial charge on any atom is 0.268 e. The van der Waals surface area contributed by atoms with Crippen molar-refractivity contribution >= 4 is 40.1 Å². The van der Waals surface area contributed by atoms with E-state index in [1.807, 2.05) is 13.0 Å². The molecule has 0 aliphatic carbocycles. The molecule has 1 N–H and O–H groups in total. The lowest BCUT2D eigenvalue weighted by atomic mass is 9.52. The summed E-state index contributed by atoms with van der Waals surface area (Å²) in [5.74, 6) is 0. The predicted molar refractivity (Wildman–Crippen MR) is 111 cm³/mol. The van der Waals surface area contributed by atoms with E-state index >= 15 is 0 Å². The Hall–Kier alpha value is -2.20. The van der Waals surface area contributed by atoms with Gasteiger partial charge in [-0.25, -0.2) is 0 Å². The van der Waals surface area contributed by atoms with Crippen LogP contribution in [0.2, 0.25) is 0 Å². The zero-order valence-corrected chi connectivity index (χ0v) is 16.1. The SMILES string of the molecule is BC(B)(B)OC1(C)CCN(c2c(C#N)c(=O)[nH]c3cnc(C)cc23)CC1. The molecule has 0 atom stereocenters. The first-order chi connectivity index (χ1) is 12.1. The van der Waals surface area contributed by atoms with E-state index in [9.17, 15) is 10.1 Å². The van der Waals surface area contributed by atoms with Crippen molar-refractivity contribution in [2.24, 2.45) is 0 Å². The van der Waals surface area contributed by atoms with Crippen molar-refractivity contribution in [1.82, 2.24) is 9.97 Å². The van der Waals surface area contributed by atoms with Crippen molar-refractivity contribution in [2.45, 2.75) is 37.6 Å². The molecule has 1 saturated heterocycles. The fourth-order valence-corrected chi connectivity index (χ4v) is 3.76. The van der Waals surface area contributed by atoms with Crippen LogP contribution in [0.4, 0.5) is 5.69 Å². The van der Waals surface area contributed by atoms with Crippen LogP contribution >= 0.6 is 0 Å². The quantitative estimate of drug-likeness (QED) is 0.719. The summed E-state index contributed by atoms with van der Waals surface area (Å²) in [7, 11) is 6.20. The van der Waals surface area contributed by atoms with E-state index in [4.69, 9.17) is 4.74 Å². The summed E-state index contributed by atoms with van der Waals surface area (Å²) in [4.78, 5) is 21.5. The molecular weight excluding hydrogens is 325 g/mol. The molecule has 1 aliphatic rings. The molecule has 0 unspecified atom stereocenters. The number of nitrogens with one attached hydrogen (secondary N) is 1. The standard InChI is InChI=1S/C17H23B3N4O2/c1-10-7-11-13(9-22-10)23-15(25)12(8-21)14(11)24-5-3-16(2,4-6-24)26-17(18,19)20/h7,9H,3-6,18-20H2,1-2H3,(H,23,25). The second kappa shape index (κ2) is 6.51. The van der Waals surface area contributed by atoms with Gasteiger partial charge >= 0.3 is 0 Å². The molecule has 26 heavy (non-hydrogen) atoms. The molecule has 0 spiro atoms. The van der Waals surface area contributed by atoms with Crippen molar-refractivity contribution in [3.8, 4) is 6.07 Å². The second-order valence-corrected chi connectivity index (χ2v) is 8.31. The lowest BCUT2D eigenvalue weighted by molar-refractivity contribution is -0.0541. The monoisotopic (exact) mass is 348 g/mol. The fraction of sp³-hybridized carbons (Fsp3) is 0.471. The third kappa shape index (κ3) is 3.66. The van der Waals surface area contributed by atoms with Crippen LogP contribution in [0.15, 0.2) is 17.1 Å². The normalized spacial score (nSPS) is 17.2. The van der Waals surface area contributed by atoms with E-state index in [1.54, 1.807) is 6.20 Å². The summed E-state index contributed by atoms with van der Waals surface area (Å²) in [6.45, 7) is 5.53. The van der Waals surface area contributed by atoms with Crippen LogP contribution in [0, 0.1) is 18.3 Å². The maximum atomic E-state index is 12.4. The third-order valence-corrected chi connectivity index (χ3v) is 4.81. The Morgan fingerprint density at radius 1 is 1.38 bits per heavy atom. The van der Waals surface area contributed by atoms with E-state index in [2.05, 4.69) is 51.4 Å². The van der Waals surface area contributed by atoms with Crippen molar-refractivity contribution in [3.63, 3.8) is 0 Å². The van der Waals surface area contributed by atoms with Crippen molar-refractivity contribution in [1.29, 1.82) is 5.26 Å². The van der Waals surface area contributed by atoms with Crippen LogP contribution in [0.1, 0.15) is 31.0 Å². The van der Waals surface area contributed by atoms with Crippen LogP contribution in [0.3, 0.4) is 0 Å². The molecule has 0 bridgehead atoms. The first-order valence-corrected chi connectivity index (χ1v) is 9.00. The number of rotatable bonds is 3. The number of pyridine rings is 2. The van der Waals surface area contributed by atoms with Crippen LogP contribution in [-0.4, -0.2) is 57.5 Å². The summed E-state index contributed by atoms with van der Waals surface area (Å²) in [6.07, 6.45) is 3.34. The number of aromatic nitrogens is 2. The molecule has 0 amide bonds. The molecule has 3 heterocycles. The van der Waals surface area contributed by atoms with Crippen molar-refractivity contribution in [2.75, 3.05) is 18.0 Å². The van der Waals surface area contributed by atoms with Crippen molar-refractivity contribution < 1.29 is 4.74 Å². The van der Waals surface area contributed by atoms with Gasteiger partial charge in [-0.3, -0.25) is 9.78 Å². The summed E-state index contributed by atoms with van der Waals surface area (Å²) >= 11 is 0. The van der Waals surface area contributed by atoms with Gasteiger partial charge < -0.3 is 14.6 Å². The number of hydrogen-bond donors (Lipinski definition) is 1. The molecule has 1 fully saturated rings. The number of ether oxygens (including phenoxy) is 1. The lowest BCUT2D eigenvalue weighted by Gasteiger charge is -2.44. The van der Waals surface area contributed by atoms with Gasteiger partial charge in [-0.2, -0.15) is 5.26 Å². The molecular formula is C17H23B3N4O2. The number of nitriles is 1. The molecule has 0 aromatic carbocycles. The van der Waals surface area contributed by atoms with Gasteiger partial charge in [0, 0.05) is 24.2 Å². The van der Waals surface area contributed by atoms with Gasteiger partial charge in [0.2, 0.25) is 0 Å². The van der Waals surface area contributed by atoms with E-state index in [-0.39, 0.29) is 22.0 Å². The Kier molecular flexibility index (Phi) is 4.66. The van der Waals surface area contributed by atoms with E-state index in [0.717, 1.165) is 42.7 Å². The number of fused-ring (bicyclic) bond motifs is 1. The molecule has 1 aliphatic heterocycles. The number of H-pyrrole nitrogens is 1. The summed E-state index contributed by atoms with van der Waals surface area (Å²) in [5.41, 5.74) is 1.84. The van der Waals surface area contributed by atoms with Gasteiger partial charge in [0.15, 0.2) is 0 Å². The Labute approximate surface area is 156 Å². The van der Waals surface area contributed by atoms with E-state index in [1.165, 1.54) is 0 Å². The maximum absolute atomic E-state index is 12.4. The van der Waals surface area contributed by atoms with Gasteiger partial charge in [0.25, 0.3) is 5.56 Å². The third-order valence-electron chi connectivity index (χ3n) is 4.81. The highest BCUT2D eigenvalue weighted by molar-refractivity contribution is 6.58. The number of aromatic amines is 1. The van der Waals surface area contributed by atoms with Gasteiger partial charge in [-0.1, -0.05) is 0 Å². The second-order valence-electron chi connectivity index (χ2n) is 8.31. The number of hydrogen-bond acceptors (Lipinski definition) is 5. The molecule has 2 aromatic rings. The van der Waals surface area contributed by atoms with Gasteiger partial charge in [-0.15, -0.1) is 0 Å². The number of aryl methyl sites for hydroxylation is 1. The summed E-state index contributed by atoms with van der Waals surface area (Å²) < 4.78 is 6.27. The number of piperidine rings is 1. The molecule has 2 aromatic heterocycles. The van der Waals surface area contributed by atoms with E-state index in [0.29, 0.717) is 5.52 Å². The molecule has 9 heteroatoms. The highest BCUT2D eigenvalue weighted by atomic mass is 16.5. The van der Waals surface area contributed by atoms with Crippen LogP contribution < -0.4 is 10.5 Å². The Morgan fingerprint density at radius 2 is 2.04 bits per heavy atom. The molecule has 132 valence electrons. The van der Waals surface area contributed by atoms with Crippen LogP contribution in [0.5, 0.6) is 0 Å². The van der Waals surface area contributed by atoms with Crippen LogP contribution in [-0.2, 0) is 4.74 Å². The molecule has 3 rings (SSSR count). The highest BCUT2D eigenvalue weighted by Crippen LogP contribution is 2.34. The average Bonchev–Trinajstić information content (AvgIpc) is 2.53. The highest BCUT2D eigenvalue weighted by Gasteiger charge is 2.35. The summed E-state index contributed by atoms with van der Waals surface area (Å²) in [6, 6.07) is 4.03. The number of nitrogens with zero attached hydrogens (tertiary/aromatic N) is 3. The lowest BCUT2D eigenvalue weighted by Crippen LogP contribution is -2.51. The number of anilines is 1. The minimum absolute atomic E-state index is 0.170. The van der Waals surface area contributed by atoms with Gasteiger partial charge in [0.05, 0.1) is 23.0 Å². The molecule has 0 radical (unpaired) electrons. The summed E-state index contributed by atoms with van der Waals surface area (Å²) in [5, 5.41) is 10.2.